The molecule has 0 saturated carbocycles. The van der Waals surface area contributed by atoms with Crippen LogP contribution in [-0.4, -0.2) is 41.0 Å². The van der Waals surface area contributed by atoms with Gasteiger partial charge in [0.2, 0.25) is 0 Å². The Balaban J connectivity index is 1.60. The van der Waals surface area contributed by atoms with Crippen LogP contribution in [0.4, 0.5) is 0 Å². The van der Waals surface area contributed by atoms with Crippen molar-refractivity contribution in [2.45, 2.75) is 31.8 Å². The number of benzene rings is 1. The summed E-state index contributed by atoms with van der Waals surface area (Å²) in [4.78, 5) is 24.2. The highest BCUT2D eigenvalue weighted by Gasteiger charge is 2.33. The molecular weight excluding hydrogens is 316 g/mol. The molecule has 4 rings (SSSR count). The summed E-state index contributed by atoms with van der Waals surface area (Å²) in [6, 6.07) is 7.27. The number of hydrogen-bond acceptors (Lipinski definition) is 5. The highest BCUT2D eigenvalue weighted by Crippen LogP contribution is 2.32. The molecule has 130 valence electrons. The summed E-state index contributed by atoms with van der Waals surface area (Å²) in [5, 5.41) is 3.33. The van der Waals surface area contributed by atoms with Crippen molar-refractivity contribution in [1.82, 2.24) is 20.2 Å². The van der Waals surface area contributed by atoms with Crippen molar-refractivity contribution < 1.29 is 9.53 Å². The van der Waals surface area contributed by atoms with E-state index in [1.54, 1.807) is 13.2 Å². The molecule has 0 aliphatic carbocycles. The zero-order chi connectivity index (χ0) is 17.2. The standard InChI is InChI=1S/C19H22N4O2/c1-25-15-5-2-4-13(10-15)19(24)23-9-3-6-17(23)18-21-12-14-11-20-8-7-16(14)22-18/h2,4-5,10,12,17,20H,3,6-9,11H2,1H3/t17-/m0/s1. The molecule has 1 aromatic heterocycles. The summed E-state index contributed by atoms with van der Waals surface area (Å²) in [5.74, 6) is 1.48. The predicted molar refractivity (Wildman–Crippen MR) is 93.4 cm³/mol. The van der Waals surface area contributed by atoms with E-state index in [0.29, 0.717) is 11.3 Å². The number of ether oxygens (including phenoxy) is 1. The second-order valence-corrected chi connectivity index (χ2v) is 6.52. The summed E-state index contributed by atoms with van der Waals surface area (Å²) in [5.41, 5.74) is 2.93. The number of nitrogens with zero attached hydrogens (tertiary/aromatic N) is 3. The molecule has 0 radical (unpaired) electrons. The van der Waals surface area contributed by atoms with E-state index in [1.807, 2.05) is 29.3 Å². The number of carbonyl (C=O) groups excluding carboxylic acids is 1. The molecule has 3 heterocycles. The number of nitrogens with one attached hydrogen (secondary N) is 1. The molecule has 2 aliphatic rings. The average molecular weight is 338 g/mol. The van der Waals surface area contributed by atoms with Crippen LogP contribution in [0.15, 0.2) is 30.5 Å². The molecule has 0 bridgehead atoms. The number of carbonyl (C=O) groups is 1. The molecule has 2 aromatic rings. The van der Waals surface area contributed by atoms with Crippen LogP contribution in [0.1, 0.15) is 46.3 Å². The van der Waals surface area contributed by atoms with E-state index in [4.69, 9.17) is 9.72 Å². The number of rotatable bonds is 3. The maximum atomic E-state index is 13.0. The minimum atomic E-state index is -0.0427. The summed E-state index contributed by atoms with van der Waals surface area (Å²) in [6.07, 6.45) is 4.72. The number of aromatic nitrogens is 2. The van der Waals surface area contributed by atoms with E-state index in [9.17, 15) is 4.79 Å². The smallest absolute Gasteiger partial charge is 0.254 e. The largest absolute Gasteiger partial charge is 0.497 e. The molecule has 2 aliphatic heterocycles. The molecule has 1 amide bonds. The van der Waals surface area contributed by atoms with Gasteiger partial charge in [-0.1, -0.05) is 6.07 Å². The fraction of sp³-hybridized carbons (Fsp3) is 0.421. The predicted octanol–water partition coefficient (Wildman–Crippen LogP) is 2.11. The van der Waals surface area contributed by atoms with Crippen LogP contribution in [0.3, 0.4) is 0 Å². The maximum Gasteiger partial charge on any atom is 0.254 e. The SMILES string of the molecule is COc1cccc(C(=O)N2CCC[C@H]2c2ncc3c(n2)CCNC3)c1. The third-order valence-electron chi connectivity index (χ3n) is 4.96. The van der Waals surface area contributed by atoms with Crippen molar-refractivity contribution in [3.8, 4) is 5.75 Å². The van der Waals surface area contributed by atoms with E-state index < -0.39 is 0 Å². The monoisotopic (exact) mass is 338 g/mol. The van der Waals surface area contributed by atoms with Gasteiger partial charge >= 0.3 is 0 Å². The summed E-state index contributed by atoms with van der Waals surface area (Å²) < 4.78 is 5.24. The van der Waals surface area contributed by atoms with Gasteiger partial charge in [-0.15, -0.1) is 0 Å². The second kappa shape index (κ2) is 6.80. The Morgan fingerprint density at radius 1 is 1.40 bits per heavy atom. The van der Waals surface area contributed by atoms with E-state index >= 15 is 0 Å². The van der Waals surface area contributed by atoms with Crippen LogP contribution in [-0.2, 0) is 13.0 Å². The lowest BCUT2D eigenvalue weighted by Crippen LogP contribution is -2.32. The number of amides is 1. The van der Waals surface area contributed by atoms with Gasteiger partial charge in [0.15, 0.2) is 5.82 Å². The fourth-order valence-corrected chi connectivity index (χ4v) is 3.61. The zero-order valence-corrected chi connectivity index (χ0v) is 14.4. The van der Waals surface area contributed by atoms with Crippen molar-refractivity contribution in [3.63, 3.8) is 0 Å². The molecule has 1 fully saturated rings. The fourth-order valence-electron chi connectivity index (χ4n) is 3.61. The van der Waals surface area contributed by atoms with Gasteiger partial charge in [0.1, 0.15) is 5.75 Å². The molecule has 6 heteroatoms. The number of fused-ring (bicyclic) bond motifs is 1. The first-order chi connectivity index (χ1) is 12.3. The van der Waals surface area contributed by atoms with Gasteiger partial charge in [0, 0.05) is 49.1 Å². The topological polar surface area (TPSA) is 67.3 Å². The van der Waals surface area contributed by atoms with Gasteiger partial charge in [-0.25, -0.2) is 9.97 Å². The summed E-state index contributed by atoms with van der Waals surface area (Å²) in [6.45, 7) is 2.51. The Morgan fingerprint density at radius 2 is 2.32 bits per heavy atom. The van der Waals surface area contributed by atoms with Crippen molar-refractivity contribution >= 4 is 5.91 Å². The van der Waals surface area contributed by atoms with Crippen LogP contribution < -0.4 is 10.1 Å². The van der Waals surface area contributed by atoms with Gasteiger partial charge in [-0.2, -0.15) is 0 Å². The third kappa shape index (κ3) is 3.09. The number of likely N-dealkylation sites (tertiary alicyclic amines) is 1. The molecule has 1 aromatic carbocycles. The number of hydrogen-bond donors (Lipinski definition) is 1. The van der Waals surface area contributed by atoms with Crippen molar-refractivity contribution in [1.29, 1.82) is 0 Å². The zero-order valence-electron chi connectivity index (χ0n) is 14.4. The van der Waals surface area contributed by atoms with Crippen LogP contribution in [0.25, 0.3) is 0 Å². The summed E-state index contributed by atoms with van der Waals surface area (Å²) >= 11 is 0. The normalized spacial score (nSPS) is 19.6. The van der Waals surface area contributed by atoms with E-state index in [2.05, 4.69) is 10.3 Å². The van der Waals surface area contributed by atoms with Crippen LogP contribution in [0.5, 0.6) is 5.75 Å². The van der Waals surface area contributed by atoms with Crippen molar-refractivity contribution in [3.05, 3.63) is 53.1 Å². The van der Waals surface area contributed by atoms with E-state index in [0.717, 1.165) is 50.4 Å². The first kappa shape index (κ1) is 16.0. The van der Waals surface area contributed by atoms with Crippen LogP contribution in [0, 0.1) is 0 Å². The maximum absolute atomic E-state index is 13.0. The Bertz CT molecular complexity index is 793. The van der Waals surface area contributed by atoms with Crippen LogP contribution in [0.2, 0.25) is 0 Å². The average Bonchev–Trinajstić information content (AvgIpc) is 3.17. The molecule has 1 atom stereocenters. The van der Waals surface area contributed by atoms with Gasteiger partial charge in [0.25, 0.3) is 5.91 Å². The quantitative estimate of drug-likeness (QED) is 0.928. The first-order valence-corrected chi connectivity index (χ1v) is 8.76. The molecule has 0 unspecified atom stereocenters. The molecule has 25 heavy (non-hydrogen) atoms. The molecule has 1 N–H and O–H groups in total. The Morgan fingerprint density at radius 3 is 3.20 bits per heavy atom. The van der Waals surface area contributed by atoms with Gasteiger partial charge < -0.3 is 15.0 Å². The van der Waals surface area contributed by atoms with Crippen LogP contribution >= 0.6 is 0 Å². The third-order valence-corrected chi connectivity index (χ3v) is 4.96. The second-order valence-electron chi connectivity index (χ2n) is 6.52. The summed E-state index contributed by atoms with van der Waals surface area (Å²) in [7, 11) is 1.61. The lowest BCUT2D eigenvalue weighted by Gasteiger charge is -2.25. The molecule has 0 spiro atoms. The lowest BCUT2D eigenvalue weighted by atomic mass is 10.1. The van der Waals surface area contributed by atoms with E-state index in [1.165, 1.54) is 5.56 Å². The van der Waals surface area contributed by atoms with Gasteiger partial charge in [0.05, 0.1) is 13.2 Å². The number of methoxy groups -OCH3 is 1. The molecule has 1 saturated heterocycles. The van der Waals surface area contributed by atoms with Crippen molar-refractivity contribution in [2.75, 3.05) is 20.2 Å². The minimum absolute atomic E-state index is 0.0180. The first-order valence-electron chi connectivity index (χ1n) is 8.76. The molecular formula is C19H22N4O2. The highest BCUT2D eigenvalue weighted by atomic mass is 16.5. The van der Waals surface area contributed by atoms with Gasteiger partial charge in [-0.3, -0.25) is 4.79 Å². The highest BCUT2D eigenvalue weighted by molar-refractivity contribution is 5.95. The lowest BCUT2D eigenvalue weighted by molar-refractivity contribution is 0.0729. The Hall–Kier alpha value is -2.47. The molecule has 6 nitrogen and oxygen atoms in total. The van der Waals surface area contributed by atoms with Crippen molar-refractivity contribution in [2.24, 2.45) is 0 Å². The van der Waals surface area contributed by atoms with E-state index in [-0.39, 0.29) is 11.9 Å². The Labute approximate surface area is 147 Å². The Kier molecular flexibility index (Phi) is 4.36. The van der Waals surface area contributed by atoms with Gasteiger partial charge in [-0.05, 0) is 31.0 Å². The minimum Gasteiger partial charge on any atom is -0.497 e.